The van der Waals surface area contributed by atoms with E-state index < -0.39 is 25.1 Å². The monoisotopic (exact) mass is 611 g/mol. The molecule has 0 amide bonds. The average molecular weight is 612 g/mol. The average Bonchev–Trinajstić information content (AvgIpc) is 3.09. The largest absolute Gasteiger partial charge is 0.507 e. The summed E-state index contributed by atoms with van der Waals surface area (Å²) < 4.78 is 12.5. The molecule has 1 aliphatic heterocycles. The zero-order valence-electron chi connectivity index (χ0n) is 25.3. The Kier molecular flexibility index (Phi) is 8.39. The van der Waals surface area contributed by atoms with Gasteiger partial charge in [-0.05, 0) is 84.6 Å². The van der Waals surface area contributed by atoms with E-state index >= 15 is 0 Å². The highest BCUT2D eigenvalue weighted by atomic mass is 16.5. The molecule has 0 bridgehead atoms. The Morgan fingerprint density at radius 3 is 2.37 bits per heavy atom. The van der Waals surface area contributed by atoms with Gasteiger partial charge in [-0.25, -0.2) is 0 Å². The van der Waals surface area contributed by atoms with Crippen LogP contribution in [0.25, 0.3) is 11.6 Å². The number of fused-ring (bicyclic) bond motifs is 4. The minimum absolute atomic E-state index is 0.0305. The number of carbonyl (C=O) groups is 2. The summed E-state index contributed by atoms with van der Waals surface area (Å²) >= 11 is 0. The third-order valence-corrected chi connectivity index (χ3v) is 9.45. The molecule has 0 unspecified atom stereocenters. The van der Waals surface area contributed by atoms with Crippen LogP contribution in [0.2, 0.25) is 6.32 Å². The smallest absolute Gasteiger partial charge is 0.455 e. The number of aromatic hydroxyl groups is 1. The van der Waals surface area contributed by atoms with E-state index in [1.807, 2.05) is 66.7 Å². The van der Waals surface area contributed by atoms with Gasteiger partial charge in [0.25, 0.3) is 0 Å². The highest BCUT2D eigenvalue weighted by Gasteiger charge is 2.53. The van der Waals surface area contributed by atoms with Gasteiger partial charge in [-0.15, -0.1) is 0 Å². The number of para-hydroxylation sites is 2. The van der Waals surface area contributed by atoms with Crippen LogP contribution in [0.5, 0.6) is 11.5 Å². The van der Waals surface area contributed by atoms with Gasteiger partial charge < -0.3 is 19.5 Å². The van der Waals surface area contributed by atoms with Crippen molar-refractivity contribution in [1.82, 2.24) is 4.98 Å². The summed E-state index contributed by atoms with van der Waals surface area (Å²) in [7, 11) is -1.09. The first kappa shape index (κ1) is 29.9. The number of hydrogen-bond donors (Lipinski definition) is 2. The molecule has 46 heavy (non-hydrogen) atoms. The standard InChI is InChI=1S/C38H34BNO6/c41-33-16-7-4-10-25(33)20-24(32-15-8-9-19-40-32)17-18-34-35-26(23-45-27-11-2-1-3-12-27)21-30-36(31(35)22-39(44)46-34)38(43)29-14-6-5-13-28(29)37(30)42/h1-16,19-20,30-31,34,36,41,44H,17-18,21-23H2/b24-20-/t30-,31+,34-,36-/m1/s1. The SMILES string of the molecule is O=C1c2ccccc2C(=O)[C@@H]2CC(COc3ccccc3)=C3[C@@H](CC/C(=C/c4ccccc4O)c4ccccn4)OB(O)C[C@@H]3[C@H]12. The Balaban J connectivity index is 1.27. The van der Waals surface area contributed by atoms with E-state index in [-0.39, 0.29) is 36.2 Å². The summed E-state index contributed by atoms with van der Waals surface area (Å²) in [6.07, 6.45) is 4.78. The first-order chi connectivity index (χ1) is 22.5. The summed E-state index contributed by atoms with van der Waals surface area (Å²) in [6.45, 7) is 0.249. The Hall–Kier alpha value is -4.79. The van der Waals surface area contributed by atoms with Crippen LogP contribution in [0.3, 0.4) is 0 Å². The van der Waals surface area contributed by atoms with Crippen LogP contribution >= 0.6 is 0 Å². The number of benzene rings is 3. The number of aromatic nitrogens is 1. The summed E-state index contributed by atoms with van der Waals surface area (Å²) in [5, 5.41) is 21.6. The van der Waals surface area contributed by atoms with Gasteiger partial charge in [0.2, 0.25) is 0 Å². The Morgan fingerprint density at radius 1 is 0.891 bits per heavy atom. The molecule has 1 fully saturated rings. The number of phenolic OH excluding ortho intramolecular Hbond substituents is 1. The summed E-state index contributed by atoms with van der Waals surface area (Å²) in [5.74, 6) is -0.673. The molecule has 7 nitrogen and oxygen atoms in total. The van der Waals surface area contributed by atoms with Crippen LogP contribution in [0.4, 0.5) is 0 Å². The molecule has 2 aliphatic carbocycles. The number of carbonyl (C=O) groups excluding carboxylic acids is 2. The maximum Gasteiger partial charge on any atom is 0.455 e. The van der Waals surface area contributed by atoms with E-state index in [9.17, 15) is 19.7 Å². The molecule has 230 valence electrons. The number of pyridine rings is 1. The summed E-state index contributed by atoms with van der Waals surface area (Å²) in [5.41, 5.74) is 5.16. The fourth-order valence-electron chi connectivity index (χ4n) is 7.40. The quantitative estimate of drug-likeness (QED) is 0.169. The number of rotatable bonds is 8. The maximum atomic E-state index is 14.1. The summed E-state index contributed by atoms with van der Waals surface area (Å²) in [4.78, 5) is 32.5. The molecule has 2 heterocycles. The second kappa shape index (κ2) is 12.9. The topological polar surface area (TPSA) is 106 Å². The molecule has 0 radical (unpaired) electrons. The first-order valence-corrected chi connectivity index (χ1v) is 15.8. The van der Waals surface area contributed by atoms with Gasteiger partial charge in [0.1, 0.15) is 18.1 Å². The van der Waals surface area contributed by atoms with E-state index in [4.69, 9.17) is 9.39 Å². The number of Topliss-reactive ketones (excluding diaryl/α,β-unsaturated/α-hetero) is 2. The van der Waals surface area contributed by atoms with Crippen LogP contribution in [-0.4, -0.2) is 46.5 Å². The fourth-order valence-corrected chi connectivity index (χ4v) is 7.40. The van der Waals surface area contributed by atoms with Crippen LogP contribution in [-0.2, 0) is 4.65 Å². The van der Waals surface area contributed by atoms with Crippen molar-refractivity contribution >= 4 is 30.3 Å². The molecular weight excluding hydrogens is 577 g/mol. The predicted octanol–water partition coefficient (Wildman–Crippen LogP) is 6.69. The Bertz CT molecular complexity index is 1820. The van der Waals surface area contributed by atoms with Crippen molar-refractivity contribution in [3.05, 3.63) is 137 Å². The second-order valence-electron chi connectivity index (χ2n) is 12.2. The molecular formula is C38H34BNO6. The van der Waals surface area contributed by atoms with Crippen LogP contribution in [0, 0.1) is 17.8 Å². The van der Waals surface area contributed by atoms with E-state index in [2.05, 4.69) is 4.98 Å². The zero-order chi connectivity index (χ0) is 31.6. The predicted molar refractivity (Wildman–Crippen MR) is 176 cm³/mol. The lowest BCUT2D eigenvalue weighted by atomic mass is 9.54. The van der Waals surface area contributed by atoms with E-state index in [1.54, 1.807) is 42.6 Å². The molecule has 3 aliphatic rings. The van der Waals surface area contributed by atoms with Crippen molar-refractivity contribution in [3.8, 4) is 11.5 Å². The molecule has 4 aromatic rings. The van der Waals surface area contributed by atoms with Gasteiger partial charge in [0, 0.05) is 34.7 Å². The molecule has 2 N–H and O–H groups in total. The number of nitrogens with zero attached hydrogens (tertiary/aromatic N) is 1. The van der Waals surface area contributed by atoms with Gasteiger partial charge in [-0.1, -0.05) is 66.7 Å². The van der Waals surface area contributed by atoms with Crippen molar-refractivity contribution in [2.45, 2.75) is 31.7 Å². The van der Waals surface area contributed by atoms with Crippen LogP contribution in [0.1, 0.15) is 51.2 Å². The molecule has 7 rings (SSSR count). The minimum Gasteiger partial charge on any atom is -0.507 e. The van der Waals surface area contributed by atoms with Crippen LogP contribution < -0.4 is 4.74 Å². The lowest BCUT2D eigenvalue weighted by Gasteiger charge is -2.47. The minimum atomic E-state index is -1.09. The van der Waals surface area contributed by atoms with Gasteiger partial charge in [-0.3, -0.25) is 14.6 Å². The number of allylic oxidation sites excluding steroid dienone is 1. The molecule has 8 heteroatoms. The van der Waals surface area contributed by atoms with Crippen molar-refractivity contribution < 1.29 is 29.1 Å². The molecule has 3 aromatic carbocycles. The Labute approximate surface area is 268 Å². The third kappa shape index (κ3) is 5.82. The van der Waals surface area contributed by atoms with Crippen molar-refractivity contribution in [2.75, 3.05) is 6.61 Å². The highest BCUT2D eigenvalue weighted by Crippen LogP contribution is 2.51. The lowest BCUT2D eigenvalue weighted by molar-refractivity contribution is 0.0593. The van der Waals surface area contributed by atoms with Crippen LogP contribution in [0.15, 0.2) is 114 Å². The van der Waals surface area contributed by atoms with Crippen molar-refractivity contribution in [1.29, 1.82) is 0 Å². The zero-order valence-corrected chi connectivity index (χ0v) is 25.3. The number of hydrogen-bond acceptors (Lipinski definition) is 7. The molecule has 0 spiro atoms. The summed E-state index contributed by atoms with van der Waals surface area (Å²) in [6, 6.07) is 29.4. The number of ether oxygens (including phenoxy) is 1. The third-order valence-electron chi connectivity index (χ3n) is 9.45. The van der Waals surface area contributed by atoms with Gasteiger partial charge in [-0.2, -0.15) is 0 Å². The molecule has 1 saturated heterocycles. The van der Waals surface area contributed by atoms with Crippen molar-refractivity contribution in [3.63, 3.8) is 0 Å². The van der Waals surface area contributed by atoms with Gasteiger partial charge in [0.05, 0.1) is 11.8 Å². The lowest BCUT2D eigenvalue weighted by Crippen LogP contribution is -2.51. The van der Waals surface area contributed by atoms with E-state index in [0.29, 0.717) is 41.7 Å². The van der Waals surface area contributed by atoms with Gasteiger partial charge >= 0.3 is 7.12 Å². The number of ketones is 2. The van der Waals surface area contributed by atoms with Crippen molar-refractivity contribution in [2.24, 2.45) is 17.8 Å². The normalized spacial score (nSPS) is 22.6. The fraction of sp³-hybridized carbons (Fsp3) is 0.237. The van der Waals surface area contributed by atoms with E-state index in [0.717, 1.165) is 22.4 Å². The molecule has 1 aromatic heterocycles. The Morgan fingerprint density at radius 2 is 1.61 bits per heavy atom. The second-order valence-corrected chi connectivity index (χ2v) is 12.2. The molecule has 0 saturated carbocycles. The first-order valence-electron chi connectivity index (χ1n) is 15.8. The molecule has 4 atom stereocenters. The number of phenols is 1. The van der Waals surface area contributed by atoms with Gasteiger partial charge in [0.15, 0.2) is 11.6 Å². The highest BCUT2D eigenvalue weighted by molar-refractivity contribution is 6.43. The maximum absolute atomic E-state index is 14.1. The van der Waals surface area contributed by atoms with E-state index in [1.165, 1.54) is 0 Å².